The number of benzene rings is 2. The summed E-state index contributed by atoms with van der Waals surface area (Å²) in [5.74, 6) is -1.43. The quantitative estimate of drug-likeness (QED) is 0.110. The molecule has 12 heteroatoms. The summed E-state index contributed by atoms with van der Waals surface area (Å²) >= 11 is 1.27. The number of para-hydroxylation sites is 1. The van der Waals surface area contributed by atoms with Crippen molar-refractivity contribution in [3.63, 3.8) is 0 Å². The molecule has 41 heavy (non-hydrogen) atoms. The van der Waals surface area contributed by atoms with E-state index in [1.807, 2.05) is 54.6 Å². The number of amides is 3. The van der Waals surface area contributed by atoms with Gasteiger partial charge in [-0.05, 0) is 43.4 Å². The number of rotatable bonds is 12. The molecule has 0 spiro atoms. The number of Topliss-reactive ketones (excluding diaryl/α,β-unsaturated/α-hetero) is 1. The van der Waals surface area contributed by atoms with Crippen LogP contribution in [0.5, 0.6) is 0 Å². The Morgan fingerprint density at radius 3 is 2.49 bits per heavy atom. The number of carbonyl (C=O) groups is 4. The Bertz CT molecular complexity index is 1390. The van der Waals surface area contributed by atoms with E-state index in [1.165, 1.54) is 23.2 Å². The van der Waals surface area contributed by atoms with E-state index in [2.05, 4.69) is 20.6 Å². The third kappa shape index (κ3) is 7.88. The SMILES string of the molecule is CC(=O)N[C@H](Cc1ccccc1)C(=O)N1CCC[C@H]1C(=O)N[C@@H](CCCN=C(N)N)C(=O)c1nc2ccccc2s1. The van der Waals surface area contributed by atoms with Gasteiger partial charge in [0.2, 0.25) is 23.5 Å². The number of aliphatic imine (C=N–C) groups is 1. The first-order valence-corrected chi connectivity index (χ1v) is 14.4. The molecule has 3 atom stereocenters. The minimum atomic E-state index is -0.870. The van der Waals surface area contributed by atoms with Crippen molar-refractivity contribution in [1.82, 2.24) is 20.5 Å². The van der Waals surface area contributed by atoms with E-state index >= 15 is 0 Å². The molecule has 2 aromatic carbocycles. The van der Waals surface area contributed by atoms with Crippen molar-refractivity contribution in [2.24, 2.45) is 16.5 Å². The minimum Gasteiger partial charge on any atom is -0.370 e. The van der Waals surface area contributed by atoms with Crippen molar-refractivity contribution in [3.8, 4) is 0 Å². The zero-order valence-corrected chi connectivity index (χ0v) is 23.7. The maximum Gasteiger partial charge on any atom is 0.246 e. The number of fused-ring (bicyclic) bond motifs is 1. The van der Waals surface area contributed by atoms with Crippen LogP contribution in [-0.4, -0.2) is 70.6 Å². The Kier molecular flexibility index (Phi) is 10.0. The smallest absolute Gasteiger partial charge is 0.246 e. The monoisotopic (exact) mass is 577 g/mol. The molecule has 6 N–H and O–H groups in total. The topological polar surface area (TPSA) is 173 Å². The van der Waals surface area contributed by atoms with E-state index < -0.39 is 24.0 Å². The number of nitrogens with zero attached hydrogens (tertiary/aromatic N) is 3. The highest BCUT2D eigenvalue weighted by Gasteiger charge is 2.39. The summed E-state index contributed by atoms with van der Waals surface area (Å²) in [6.07, 6.45) is 2.12. The third-order valence-corrected chi connectivity index (χ3v) is 7.93. The first-order valence-electron chi connectivity index (χ1n) is 13.6. The molecule has 4 rings (SSSR count). The number of nitrogens with one attached hydrogen (secondary N) is 2. The normalized spacial score (nSPS) is 16.1. The second kappa shape index (κ2) is 13.8. The fourth-order valence-corrected chi connectivity index (χ4v) is 5.93. The second-order valence-corrected chi connectivity index (χ2v) is 11.0. The average molecular weight is 578 g/mol. The van der Waals surface area contributed by atoms with Crippen molar-refractivity contribution < 1.29 is 19.2 Å². The lowest BCUT2D eigenvalue weighted by molar-refractivity contribution is -0.141. The zero-order chi connectivity index (χ0) is 29.4. The van der Waals surface area contributed by atoms with Crippen molar-refractivity contribution in [1.29, 1.82) is 0 Å². The lowest BCUT2D eigenvalue weighted by Crippen LogP contribution is -2.55. The van der Waals surface area contributed by atoms with Crippen molar-refractivity contribution in [3.05, 3.63) is 65.2 Å². The number of ketones is 1. The van der Waals surface area contributed by atoms with E-state index in [0.29, 0.717) is 55.7 Å². The molecule has 1 aromatic heterocycles. The molecule has 0 saturated carbocycles. The molecule has 0 unspecified atom stereocenters. The van der Waals surface area contributed by atoms with Crippen LogP contribution in [0.3, 0.4) is 0 Å². The number of carbonyl (C=O) groups excluding carboxylic acids is 4. The summed E-state index contributed by atoms with van der Waals surface area (Å²) in [5.41, 5.74) is 12.5. The maximum atomic E-state index is 13.6. The second-order valence-electron chi connectivity index (χ2n) is 9.99. The van der Waals surface area contributed by atoms with Gasteiger partial charge in [0, 0.05) is 26.4 Å². The van der Waals surface area contributed by atoms with Gasteiger partial charge >= 0.3 is 0 Å². The molecular weight excluding hydrogens is 542 g/mol. The minimum absolute atomic E-state index is 0.0487. The van der Waals surface area contributed by atoms with Gasteiger partial charge in [0.05, 0.1) is 16.3 Å². The predicted molar refractivity (Wildman–Crippen MR) is 158 cm³/mol. The molecule has 0 bridgehead atoms. The van der Waals surface area contributed by atoms with Crippen molar-refractivity contribution >= 4 is 51.0 Å². The van der Waals surface area contributed by atoms with E-state index in [0.717, 1.165) is 10.3 Å². The number of guanidine groups is 1. The number of hydrogen-bond donors (Lipinski definition) is 4. The fraction of sp³-hybridized carbons (Fsp3) is 0.379. The van der Waals surface area contributed by atoms with E-state index in [4.69, 9.17) is 11.5 Å². The van der Waals surface area contributed by atoms with Crippen LogP contribution in [0.2, 0.25) is 0 Å². The standard InChI is InChI=1S/C29H35N7O4S/c1-18(37)33-22(17-19-9-3-2-4-10-19)28(40)36-16-8-13-23(36)26(39)34-21(12-7-15-32-29(30)31)25(38)27-35-20-11-5-6-14-24(20)41-27/h2-6,9-11,14,21-23H,7-8,12-13,15-17H2,1H3,(H,33,37)(H,34,39)(H4,30,31,32)/t21-,22+,23-/m0/s1. The highest BCUT2D eigenvalue weighted by Crippen LogP contribution is 2.24. The van der Waals surface area contributed by atoms with Gasteiger partial charge in [-0.3, -0.25) is 24.2 Å². The third-order valence-electron chi connectivity index (χ3n) is 6.88. The van der Waals surface area contributed by atoms with E-state index in [1.54, 1.807) is 0 Å². The Morgan fingerprint density at radius 2 is 1.78 bits per heavy atom. The highest BCUT2D eigenvalue weighted by molar-refractivity contribution is 7.20. The molecule has 0 aliphatic carbocycles. The summed E-state index contributed by atoms with van der Waals surface area (Å²) in [5, 5.41) is 5.93. The summed E-state index contributed by atoms with van der Waals surface area (Å²) in [6, 6.07) is 14.4. The van der Waals surface area contributed by atoms with Crippen LogP contribution in [-0.2, 0) is 20.8 Å². The summed E-state index contributed by atoms with van der Waals surface area (Å²) in [4.78, 5) is 62.7. The highest BCUT2D eigenvalue weighted by atomic mass is 32.1. The Balaban J connectivity index is 1.51. The molecule has 11 nitrogen and oxygen atoms in total. The van der Waals surface area contributed by atoms with Gasteiger partial charge in [-0.15, -0.1) is 11.3 Å². The summed E-state index contributed by atoms with van der Waals surface area (Å²) in [6.45, 7) is 2.04. The molecule has 3 aromatic rings. The summed E-state index contributed by atoms with van der Waals surface area (Å²) < 4.78 is 0.872. The first kappa shape index (κ1) is 29.7. The molecule has 1 saturated heterocycles. The van der Waals surface area contributed by atoms with Gasteiger partial charge in [-0.1, -0.05) is 42.5 Å². The number of thiazole rings is 1. The van der Waals surface area contributed by atoms with Crippen LogP contribution in [0.4, 0.5) is 0 Å². The Morgan fingerprint density at radius 1 is 1.05 bits per heavy atom. The van der Waals surface area contributed by atoms with E-state index in [9.17, 15) is 19.2 Å². The van der Waals surface area contributed by atoms with Crippen molar-refractivity contribution in [2.75, 3.05) is 13.1 Å². The average Bonchev–Trinajstić information content (AvgIpc) is 3.61. The van der Waals surface area contributed by atoms with Gasteiger partial charge in [0.1, 0.15) is 12.1 Å². The molecule has 216 valence electrons. The molecule has 2 heterocycles. The lowest BCUT2D eigenvalue weighted by Gasteiger charge is -2.29. The van der Waals surface area contributed by atoms with Crippen LogP contribution in [0.25, 0.3) is 10.2 Å². The lowest BCUT2D eigenvalue weighted by atomic mass is 10.0. The molecule has 1 aliphatic rings. The van der Waals surface area contributed by atoms with E-state index in [-0.39, 0.29) is 23.6 Å². The maximum absolute atomic E-state index is 13.6. The van der Waals surface area contributed by atoms with Crippen LogP contribution in [0.15, 0.2) is 59.6 Å². The van der Waals surface area contributed by atoms with Gasteiger partial charge < -0.3 is 27.0 Å². The van der Waals surface area contributed by atoms with Crippen LogP contribution in [0.1, 0.15) is 48.0 Å². The van der Waals surface area contributed by atoms with Crippen LogP contribution < -0.4 is 22.1 Å². The molecule has 1 fully saturated rings. The first-order chi connectivity index (χ1) is 19.7. The Labute approximate surface area is 242 Å². The summed E-state index contributed by atoms with van der Waals surface area (Å²) in [7, 11) is 0. The van der Waals surface area contributed by atoms with Gasteiger partial charge in [0.15, 0.2) is 11.0 Å². The number of hydrogen-bond acceptors (Lipinski definition) is 7. The predicted octanol–water partition coefficient (Wildman–Crippen LogP) is 1.76. The Hall–Kier alpha value is -4.32. The number of nitrogens with two attached hydrogens (primary N) is 2. The zero-order valence-electron chi connectivity index (χ0n) is 22.9. The van der Waals surface area contributed by atoms with Gasteiger partial charge in [0.25, 0.3) is 0 Å². The molecule has 0 radical (unpaired) electrons. The van der Waals surface area contributed by atoms with Gasteiger partial charge in [-0.2, -0.15) is 0 Å². The number of likely N-dealkylation sites (tertiary alicyclic amines) is 1. The van der Waals surface area contributed by atoms with Crippen molar-refractivity contribution in [2.45, 2.75) is 57.2 Å². The van der Waals surface area contributed by atoms with Crippen LogP contribution in [0, 0.1) is 0 Å². The van der Waals surface area contributed by atoms with Gasteiger partial charge in [-0.25, -0.2) is 4.98 Å². The molecule has 3 amide bonds. The molecule has 1 aliphatic heterocycles. The molecular formula is C29H35N7O4S. The fourth-order valence-electron chi connectivity index (χ4n) is 4.97. The number of aromatic nitrogens is 1. The van der Waals surface area contributed by atoms with Crippen LogP contribution >= 0.6 is 11.3 Å². The largest absolute Gasteiger partial charge is 0.370 e.